The molecule has 0 saturated carbocycles. The Hall–Kier alpha value is -1.75. The fourth-order valence-electron chi connectivity index (χ4n) is 3.41. The third kappa shape index (κ3) is 3.19. The summed E-state index contributed by atoms with van der Waals surface area (Å²) in [6.07, 6.45) is 0.995. The van der Waals surface area contributed by atoms with Crippen LogP contribution in [-0.4, -0.2) is 61.8 Å². The van der Waals surface area contributed by atoms with Gasteiger partial charge in [0.1, 0.15) is 12.4 Å². The van der Waals surface area contributed by atoms with Crippen molar-refractivity contribution in [2.45, 2.75) is 25.3 Å². The van der Waals surface area contributed by atoms with E-state index < -0.39 is 0 Å². The standard InChI is InChI=1S/C17H24N2O3/c1-13-11-15(14-3-5-16(21-2)6-4-14)12-19(13)8-7-18-9-10-22-17(18)20/h3-6,13,15H,7-12H2,1-2H3/t13-,15+/m1/s1. The second-order valence-electron chi connectivity index (χ2n) is 6.15. The van der Waals surface area contributed by atoms with Crippen LogP contribution in [-0.2, 0) is 4.74 Å². The number of likely N-dealkylation sites (tertiary alicyclic amines) is 1. The second kappa shape index (κ2) is 6.57. The monoisotopic (exact) mass is 304 g/mol. The Balaban J connectivity index is 1.55. The molecule has 5 nitrogen and oxygen atoms in total. The third-order valence-electron chi connectivity index (χ3n) is 4.79. The average molecular weight is 304 g/mol. The van der Waals surface area contributed by atoms with Crippen LogP contribution in [0.15, 0.2) is 24.3 Å². The lowest BCUT2D eigenvalue weighted by atomic mass is 9.97. The highest BCUT2D eigenvalue weighted by molar-refractivity contribution is 5.69. The highest BCUT2D eigenvalue weighted by Gasteiger charge is 2.31. The zero-order valence-electron chi connectivity index (χ0n) is 13.3. The van der Waals surface area contributed by atoms with Crippen LogP contribution in [0.2, 0.25) is 0 Å². The van der Waals surface area contributed by atoms with Crippen molar-refractivity contribution in [2.24, 2.45) is 0 Å². The van der Waals surface area contributed by atoms with Crippen LogP contribution in [0.1, 0.15) is 24.8 Å². The number of rotatable bonds is 5. The molecule has 2 heterocycles. The Bertz CT molecular complexity index is 517. The Morgan fingerprint density at radius 1 is 1.27 bits per heavy atom. The van der Waals surface area contributed by atoms with Crippen molar-refractivity contribution in [3.63, 3.8) is 0 Å². The minimum absolute atomic E-state index is 0.168. The molecule has 0 unspecified atom stereocenters. The first-order chi connectivity index (χ1) is 10.7. The van der Waals surface area contributed by atoms with Gasteiger partial charge < -0.3 is 14.4 Å². The molecular weight excluding hydrogens is 280 g/mol. The number of nitrogens with zero attached hydrogens (tertiary/aromatic N) is 2. The van der Waals surface area contributed by atoms with Crippen molar-refractivity contribution in [3.8, 4) is 5.75 Å². The summed E-state index contributed by atoms with van der Waals surface area (Å²) < 4.78 is 10.2. The van der Waals surface area contributed by atoms with E-state index in [9.17, 15) is 4.79 Å². The molecule has 5 heteroatoms. The van der Waals surface area contributed by atoms with Crippen molar-refractivity contribution in [2.75, 3.05) is 39.9 Å². The quantitative estimate of drug-likeness (QED) is 0.837. The predicted octanol–water partition coefficient (Wildman–Crippen LogP) is 2.33. The molecule has 2 aliphatic rings. The summed E-state index contributed by atoms with van der Waals surface area (Å²) >= 11 is 0. The van der Waals surface area contributed by atoms with Gasteiger partial charge in [0.05, 0.1) is 13.7 Å². The molecule has 0 aliphatic carbocycles. The SMILES string of the molecule is COc1ccc([C@H]2C[C@@H](C)N(CCN3CCOC3=O)C2)cc1. The maximum Gasteiger partial charge on any atom is 0.409 e. The van der Waals surface area contributed by atoms with E-state index in [0.717, 1.165) is 38.3 Å². The van der Waals surface area contributed by atoms with Gasteiger partial charge in [0.2, 0.25) is 0 Å². The summed E-state index contributed by atoms with van der Waals surface area (Å²) in [5.74, 6) is 1.46. The van der Waals surface area contributed by atoms with E-state index in [4.69, 9.17) is 9.47 Å². The number of cyclic esters (lactones) is 1. The van der Waals surface area contributed by atoms with Crippen molar-refractivity contribution >= 4 is 6.09 Å². The van der Waals surface area contributed by atoms with Gasteiger partial charge in [-0.15, -0.1) is 0 Å². The Morgan fingerprint density at radius 2 is 2.05 bits per heavy atom. The minimum atomic E-state index is -0.168. The molecule has 2 aliphatic heterocycles. The summed E-state index contributed by atoms with van der Waals surface area (Å²) in [5, 5.41) is 0. The molecule has 1 aromatic carbocycles. The summed E-state index contributed by atoms with van der Waals surface area (Å²) in [6.45, 7) is 6.26. The van der Waals surface area contributed by atoms with Crippen LogP contribution in [0.3, 0.4) is 0 Å². The van der Waals surface area contributed by atoms with E-state index >= 15 is 0 Å². The van der Waals surface area contributed by atoms with E-state index in [-0.39, 0.29) is 6.09 Å². The van der Waals surface area contributed by atoms with Gasteiger partial charge in [-0.1, -0.05) is 12.1 Å². The zero-order valence-corrected chi connectivity index (χ0v) is 13.3. The molecule has 1 amide bonds. The number of benzene rings is 1. The number of carbonyl (C=O) groups excluding carboxylic acids is 1. The Kier molecular flexibility index (Phi) is 4.52. The highest BCUT2D eigenvalue weighted by Crippen LogP contribution is 2.32. The maximum absolute atomic E-state index is 11.5. The number of amides is 1. The van der Waals surface area contributed by atoms with Crippen molar-refractivity contribution in [3.05, 3.63) is 29.8 Å². The van der Waals surface area contributed by atoms with Crippen molar-refractivity contribution in [1.29, 1.82) is 0 Å². The van der Waals surface area contributed by atoms with E-state index in [1.807, 2.05) is 12.1 Å². The summed E-state index contributed by atoms with van der Waals surface area (Å²) in [6, 6.07) is 8.94. The van der Waals surface area contributed by atoms with Crippen LogP contribution in [0.5, 0.6) is 5.75 Å². The molecule has 2 fully saturated rings. The van der Waals surface area contributed by atoms with Crippen molar-refractivity contribution in [1.82, 2.24) is 9.80 Å². The third-order valence-corrected chi connectivity index (χ3v) is 4.79. The zero-order chi connectivity index (χ0) is 15.5. The van der Waals surface area contributed by atoms with E-state index in [2.05, 4.69) is 24.0 Å². The van der Waals surface area contributed by atoms with E-state index in [1.54, 1.807) is 12.0 Å². The molecule has 0 radical (unpaired) electrons. The topological polar surface area (TPSA) is 42.0 Å². The van der Waals surface area contributed by atoms with Crippen molar-refractivity contribution < 1.29 is 14.3 Å². The lowest BCUT2D eigenvalue weighted by molar-refractivity contribution is 0.152. The summed E-state index contributed by atoms with van der Waals surface area (Å²) in [4.78, 5) is 15.8. The fraction of sp³-hybridized carbons (Fsp3) is 0.588. The maximum atomic E-state index is 11.5. The van der Waals surface area contributed by atoms with Gasteiger partial charge in [0.15, 0.2) is 0 Å². The molecule has 2 atom stereocenters. The first kappa shape index (κ1) is 15.2. The number of hydrogen-bond acceptors (Lipinski definition) is 4. The number of hydrogen-bond donors (Lipinski definition) is 0. The van der Waals surface area contributed by atoms with Gasteiger partial charge >= 0.3 is 6.09 Å². The largest absolute Gasteiger partial charge is 0.497 e. The Morgan fingerprint density at radius 3 is 2.68 bits per heavy atom. The number of methoxy groups -OCH3 is 1. The van der Waals surface area contributed by atoms with Crippen LogP contribution >= 0.6 is 0 Å². The van der Waals surface area contributed by atoms with Crippen LogP contribution < -0.4 is 4.74 Å². The Labute approximate surface area is 131 Å². The van der Waals surface area contributed by atoms with Gasteiger partial charge in [-0.05, 0) is 37.0 Å². The average Bonchev–Trinajstić information content (AvgIpc) is 3.11. The molecule has 0 N–H and O–H groups in total. The molecule has 1 aromatic rings. The number of ether oxygens (including phenoxy) is 2. The van der Waals surface area contributed by atoms with Gasteiger partial charge in [0, 0.05) is 25.7 Å². The first-order valence-corrected chi connectivity index (χ1v) is 7.97. The van der Waals surface area contributed by atoms with Crippen LogP contribution in [0, 0.1) is 0 Å². The summed E-state index contributed by atoms with van der Waals surface area (Å²) in [5.41, 5.74) is 1.37. The van der Waals surface area contributed by atoms with Crippen LogP contribution in [0.25, 0.3) is 0 Å². The lowest BCUT2D eigenvalue weighted by Gasteiger charge is -2.23. The van der Waals surface area contributed by atoms with Gasteiger partial charge in [0.25, 0.3) is 0 Å². The van der Waals surface area contributed by atoms with Gasteiger partial charge in [-0.25, -0.2) is 4.79 Å². The highest BCUT2D eigenvalue weighted by atomic mass is 16.6. The molecule has 3 rings (SSSR count). The smallest absolute Gasteiger partial charge is 0.409 e. The predicted molar refractivity (Wildman–Crippen MR) is 84.3 cm³/mol. The first-order valence-electron chi connectivity index (χ1n) is 7.97. The summed E-state index contributed by atoms with van der Waals surface area (Å²) in [7, 11) is 1.69. The molecule has 22 heavy (non-hydrogen) atoms. The lowest BCUT2D eigenvalue weighted by Crippen LogP contribution is -2.37. The van der Waals surface area contributed by atoms with Gasteiger partial charge in [-0.3, -0.25) is 4.90 Å². The van der Waals surface area contributed by atoms with E-state index in [0.29, 0.717) is 18.6 Å². The fourth-order valence-corrected chi connectivity index (χ4v) is 3.41. The molecular formula is C17H24N2O3. The van der Waals surface area contributed by atoms with E-state index in [1.165, 1.54) is 5.56 Å². The van der Waals surface area contributed by atoms with Crippen LogP contribution in [0.4, 0.5) is 4.79 Å². The normalized spacial score (nSPS) is 25.5. The van der Waals surface area contributed by atoms with Gasteiger partial charge in [-0.2, -0.15) is 0 Å². The molecule has 2 saturated heterocycles. The molecule has 0 spiro atoms. The minimum Gasteiger partial charge on any atom is -0.497 e. The second-order valence-corrected chi connectivity index (χ2v) is 6.15. The molecule has 0 aromatic heterocycles. The molecule has 0 bridgehead atoms. The molecule has 120 valence electrons. The number of carbonyl (C=O) groups is 1.